The Hall–Kier alpha value is -3.72. The summed E-state index contributed by atoms with van der Waals surface area (Å²) in [5, 5.41) is 16.7. The Bertz CT molecular complexity index is 1060. The molecule has 1 fully saturated rings. The summed E-state index contributed by atoms with van der Waals surface area (Å²) in [4.78, 5) is 49.5. The van der Waals surface area contributed by atoms with Crippen molar-refractivity contribution in [3.63, 3.8) is 0 Å². The molecule has 0 atom stereocenters. The first-order chi connectivity index (χ1) is 16.2. The van der Waals surface area contributed by atoms with Gasteiger partial charge < -0.3 is 21.1 Å². The monoisotopic (exact) mass is 466 g/mol. The summed E-state index contributed by atoms with van der Waals surface area (Å²) in [6.07, 6.45) is 2.27. The highest BCUT2D eigenvalue weighted by Crippen LogP contribution is 2.27. The number of nitrogens with zero attached hydrogens (tertiary/aromatic N) is 1. The lowest BCUT2D eigenvalue weighted by Crippen LogP contribution is -2.37. The van der Waals surface area contributed by atoms with E-state index in [1.165, 1.54) is 12.1 Å². The van der Waals surface area contributed by atoms with Gasteiger partial charge in [0.25, 0.3) is 5.91 Å². The predicted octanol–water partition coefficient (Wildman–Crippen LogP) is 2.55. The lowest BCUT2D eigenvalue weighted by molar-refractivity contribution is -0.135. The minimum absolute atomic E-state index is 0.0993. The largest absolute Gasteiger partial charge is 0.480 e. The standard InChI is InChI=1S/C25H30N4O5/c1-16-3-4-17(2)21(13-16)28-23(31)15-29(20-9-10-20)12-11-22(30)27-19-7-5-18(6-8-19)25(34)26-14-24(32)33/h3-8,13,20H,9-12,14-15H2,1-2H3,(H,26,34)(H,27,30)(H,28,31)(H,32,33). The lowest BCUT2D eigenvalue weighted by Gasteiger charge is -2.21. The Morgan fingerprint density at radius 3 is 2.32 bits per heavy atom. The summed E-state index contributed by atoms with van der Waals surface area (Å²) < 4.78 is 0. The third kappa shape index (κ3) is 7.70. The van der Waals surface area contributed by atoms with Crippen LogP contribution in [0.4, 0.5) is 11.4 Å². The molecule has 180 valence electrons. The molecule has 0 unspecified atom stereocenters. The Labute approximate surface area is 198 Å². The summed E-state index contributed by atoms with van der Waals surface area (Å²) in [5.41, 5.74) is 3.71. The third-order valence-corrected chi connectivity index (χ3v) is 5.53. The van der Waals surface area contributed by atoms with Gasteiger partial charge in [0.2, 0.25) is 11.8 Å². The van der Waals surface area contributed by atoms with E-state index in [0.717, 1.165) is 29.7 Å². The first kappa shape index (κ1) is 24.9. The van der Waals surface area contributed by atoms with E-state index in [0.29, 0.717) is 23.8 Å². The molecule has 1 aliphatic rings. The molecule has 3 amide bonds. The predicted molar refractivity (Wildman–Crippen MR) is 129 cm³/mol. The van der Waals surface area contributed by atoms with Gasteiger partial charge in [-0.05, 0) is 68.1 Å². The van der Waals surface area contributed by atoms with Crippen LogP contribution in [0.2, 0.25) is 0 Å². The maximum atomic E-state index is 12.6. The van der Waals surface area contributed by atoms with Gasteiger partial charge in [0.05, 0.1) is 6.54 Å². The van der Waals surface area contributed by atoms with E-state index in [1.807, 2.05) is 36.9 Å². The molecule has 1 saturated carbocycles. The second kappa shape index (κ2) is 11.4. The number of rotatable bonds is 11. The van der Waals surface area contributed by atoms with Crippen LogP contribution >= 0.6 is 0 Å². The second-order valence-corrected chi connectivity index (χ2v) is 8.52. The molecule has 9 nitrogen and oxygen atoms in total. The molecule has 0 spiro atoms. The summed E-state index contributed by atoms with van der Waals surface area (Å²) in [6.45, 7) is 4.16. The average Bonchev–Trinajstić information content (AvgIpc) is 3.63. The zero-order valence-corrected chi connectivity index (χ0v) is 19.4. The molecular weight excluding hydrogens is 436 g/mol. The van der Waals surface area contributed by atoms with Gasteiger partial charge in [-0.3, -0.25) is 24.1 Å². The number of hydrogen-bond donors (Lipinski definition) is 4. The molecule has 0 heterocycles. The van der Waals surface area contributed by atoms with Crippen LogP contribution in [0.3, 0.4) is 0 Å². The number of aryl methyl sites for hydroxylation is 2. The van der Waals surface area contributed by atoms with E-state index >= 15 is 0 Å². The van der Waals surface area contributed by atoms with Crippen molar-refractivity contribution in [1.82, 2.24) is 10.2 Å². The average molecular weight is 467 g/mol. The number of amides is 3. The van der Waals surface area contributed by atoms with Crippen LogP contribution in [0.15, 0.2) is 42.5 Å². The van der Waals surface area contributed by atoms with Gasteiger partial charge >= 0.3 is 5.97 Å². The van der Waals surface area contributed by atoms with Crippen LogP contribution in [-0.4, -0.2) is 59.4 Å². The molecule has 1 aliphatic carbocycles. The van der Waals surface area contributed by atoms with Gasteiger partial charge in [-0.25, -0.2) is 0 Å². The van der Waals surface area contributed by atoms with Gasteiger partial charge in [-0.15, -0.1) is 0 Å². The first-order valence-corrected chi connectivity index (χ1v) is 11.2. The van der Waals surface area contributed by atoms with Crippen LogP contribution in [0.25, 0.3) is 0 Å². The van der Waals surface area contributed by atoms with E-state index in [-0.39, 0.29) is 24.8 Å². The molecule has 2 aromatic carbocycles. The number of carboxylic acid groups (broad SMARTS) is 1. The Balaban J connectivity index is 1.47. The van der Waals surface area contributed by atoms with Crippen LogP contribution in [-0.2, 0) is 14.4 Å². The fourth-order valence-electron chi connectivity index (χ4n) is 3.51. The number of carbonyl (C=O) groups is 4. The van der Waals surface area contributed by atoms with Crippen LogP contribution in [0.1, 0.15) is 40.7 Å². The van der Waals surface area contributed by atoms with Crippen molar-refractivity contribution >= 4 is 35.1 Å². The van der Waals surface area contributed by atoms with Crippen molar-refractivity contribution in [2.45, 2.75) is 39.2 Å². The Morgan fingerprint density at radius 2 is 1.68 bits per heavy atom. The molecule has 4 N–H and O–H groups in total. The minimum Gasteiger partial charge on any atom is -0.480 e. The van der Waals surface area contributed by atoms with E-state index in [2.05, 4.69) is 16.0 Å². The fourth-order valence-corrected chi connectivity index (χ4v) is 3.51. The number of benzene rings is 2. The molecular formula is C25H30N4O5. The molecule has 34 heavy (non-hydrogen) atoms. The van der Waals surface area contributed by atoms with Crippen molar-refractivity contribution in [3.05, 3.63) is 59.2 Å². The summed E-state index contributed by atoms with van der Waals surface area (Å²) >= 11 is 0. The van der Waals surface area contributed by atoms with Crippen molar-refractivity contribution in [2.24, 2.45) is 0 Å². The highest BCUT2D eigenvalue weighted by atomic mass is 16.4. The molecule has 0 aromatic heterocycles. The number of aliphatic carboxylic acids is 1. The fraction of sp³-hybridized carbons (Fsp3) is 0.360. The summed E-state index contributed by atoms with van der Waals surface area (Å²) in [6, 6.07) is 12.4. The quantitative estimate of drug-likeness (QED) is 0.403. The van der Waals surface area contributed by atoms with Crippen LogP contribution in [0, 0.1) is 13.8 Å². The second-order valence-electron chi connectivity index (χ2n) is 8.52. The van der Waals surface area contributed by atoms with Crippen LogP contribution < -0.4 is 16.0 Å². The Morgan fingerprint density at radius 1 is 0.971 bits per heavy atom. The SMILES string of the molecule is Cc1ccc(C)c(NC(=O)CN(CCC(=O)Nc2ccc(C(=O)NCC(=O)O)cc2)C2CC2)c1. The lowest BCUT2D eigenvalue weighted by atomic mass is 10.1. The molecule has 0 radical (unpaired) electrons. The number of anilines is 2. The molecule has 9 heteroatoms. The van der Waals surface area contributed by atoms with Gasteiger partial charge in [0, 0.05) is 35.9 Å². The maximum absolute atomic E-state index is 12.6. The van der Waals surface area contributed by atoms with Crippen LogP contribution in [0.5, 0.6) is 0 Å². The third-order valence-electron chi connectivity index (χ3n) is 5.53. The number of hydrogen-bond acceptors (Lipinski definition) is 5. The normalized spacial score (nSPS) is 12.8. The van der Waals surface area contributed by atoms with Gasteiger partial charge in [0.15, 0.2) is 0 Å². The van der Waals surface area contributed by atoms with Crippen molar-refractivity contribution in [3.8, 4) is 0 Å². The molecule has 0 bridgehead atoms. The zero-order valence-electron chi connectivity index (χ0n) is 19.4. The van der Waals surface area contributed by atoms with Crippen molar-refractivity contribution < 1.29 is 24.3 Å². The van der Waals surface area contributed by atoms with Gasteiger partial charge in [0.1, 0.15) is 6.54 Å². The maximum Gasteiger partial charge on any atom is 0.322 e. The number of carboxylic acids is 1. The molecule has 0 saturated heterocycles. The zero-order chi connectivity index (χ0) is 24.7. The topological polar surface area (TPSA) is 128 Å². The number of nitrogens with one attached hydrogen (secondary N) is 3. The molecule has 2 aromatic rings. The van der Waals surface area contributed by atoms with E-state index in [9.17, 15) is 19.2 Å². The Kier molecular flexibility index (Phi) is 8.37. The van der Waals surface area contributed by atoms with Gasteiger partial charge in [-0.1, -0.05) is 12.1 Å². The first-order valence-electron chi connectivity index (χ1n) is 11.2. The van der Waals surface area contributed by atoms with E-state index in [4.69, 9.17) is 5.11 Å². The highest BCUT2D eigenvalue weighted by molar-refractivity contribution is 5.97. The summed E-state index contributed by atoms with van der Waals surface area (Å²) in [7, 11) is 0. The summed E-state index contributed by atoms with van der Waals surface area (Å²) in [5.74, 6) is -1.92. The van der Waals surface area contributed by atoms with E-state index in [1.54, 1.807) is 12.1 Å². The van der Waals surface area contributed by atoms with Crippen molar-refractivity contribution in [1.29, 1.82) is 0 Å². The highest BCUT2D eigenvalue weighted by Gasteiger charge is 2.30. The minimum atomic E-state index is -1.12. The van der Waals surface area contributed by atoms with E-state index < -0.39 is 18.4 Å². The molecule has 3 rings (SSSR count). The van der Waals surface area contributed by atoms with Gasteiger partial charge in [-0.2, -0.15) is 0 Å². The smallest absolute Gasteiger partial charge is 0.322 e. The van der Waals surface area contributed by atoms with Crippen molar-refractivity contribution in [2.75, 3.05) is 30.3 Å². The molecule has 0 aliphatic heterocycles. The number of carbonyl (C=O) groups excluding carboxylic acids is 3.